The van der Waals surface area contributed by atoms with Crippen LogP contribution in [0, 0.1) is 12.3 Å². The Balaban J connectivity index is 2.25. The van der Waals surface area contributed by atoms with E-state index in [0.29, 0.717) is 5.75 Å². The minimum Gasteiger partial charge on any atom is -0.462 e. The van der Waals surface area contributed by atoms with Crippen molar-refractivity contribution >= 4 is 24.4 Å². The maximum Gasteiger partial charge on any atom is 0.494 e. The van der Waals surface area contributed by atoms with Gasteiger partial charge in [-0.15, -0.1) is 0 Å². The first kappa shape index (κ1) is 17.5. The van der Waals surface area contributed by atoms with Crippen LogP contribution in [0.5, 0.6) is 5.75 Å². The number of ether oxygens (including phenoxy) is 2. The average Bonchev–Trinajstić information content (AvgIpc) is 2.68. The monoisotopic (exact) mass is 319 g/mol. The summed E-state index contributed by atoms with van der Waals surface area (Å²) in [6, 6.07) is 5.43. The van der Waals surface area contributed by atoms with E-state index in [-0.39, 0.29) is 0 Å². The molecule has 0 aliphatic carbocycles. The Morgan fingerprint density at radius 2 is 1.74 bits per heavy atom. The van der Waals surface area contributed by atoms with Gasteiger partial charge in [0, 0.05) is 0 Å². The Morgan fingerprint density at radius 3 is 2.26 bits per heavy atom. The number of esters is 1. The molecule has 7 heteroatoms. The summed E-state index contributed by atoms with van der Waals surface area (Å²) in [6.07, 6.45) is 0. The highest BCUT2D eigenvalue weighted by Crippen LogP contribution is 2.36. The molecule has 6 nitrogen and oxygen atoms in total. The van der Waals surface area contributed by atoms with Crippen LogP contribution in [0.4, 0.5) is 0 Å². The standard InChI is InChI=1S/C16H22BNO5/c1-10-7-8-11(9-12(10)21-13(18)14(19)20-6)17-22-15(2,3)16(4,5)23-17/h7-9,18H,1-6H3. The Morgan fingerprint density at radius 1 is 1.17 bits per heavy atom. The molecule has 0 bridgehead atoms. The zero-order chi connectivity index (χ0) is 17.4. The van der Waals surface area contributed by atoms with E-state index >= 15 is 0 Å². The molecule has 0 unspecified atom stereocenters. The van der Waals surface area contributed by atoms with Crippen LogP contribution in [0.1, 0.15) is 33.3 Å². The highest BCUT2D eigenvalue weighted by Gasteiger charge is 2.51. The van der Waals surface area contributed by atoms with Gasteiger partial charge in [-0.25, -0.2) is 4.79 Å². The van der Waals surface area contributed by atoms with Crippen molar-refractivity contribution in [2.24, 2.45) is 0 Å². The first-order chi connectivity index (χ1) is 10.6. The molecule has 1 fully saturated rings. The fourth-order valence-electron chi connectivity index (χ4n) is 2.10. The van der Waals surface area contributed by atoms with E-state index in [1.165, 1.54) is 7.11 Å². The molecule has 124 valence electrons. The van der Waals surface area contributed by atoms with Gasteiger partial charge in [0.15, 0.2) is 0 Å². The van der Waals surface area contributed by atoms with Crippen molar-refractivity contribution in [2.45, 2.75) is 45.8 Å². The number of hydrogen-bond donors (Lipinski definition) is 1. The van der Waals surface area contributed by atoms with Crippen LogP contribution in [0.25, 0.3) is 0 Å². The lowest BCUT2D eigenvalue weighted by Gasteiger charge is -2.32. The van der Waals surface area contributed by atoms with Crippen LogP contribution < -0.4 is 10.2 Å². The first-order valence-corrected chi connectivity index (χ1v) is 7.38. The Bertz CT molecular complexity index is 625. The lowest BCUT2D eigenvalue weighted by Crippen LogP contribution is -2.41. The fraction of sp³-hybridized carbons (Fsp3) is 0.500. The number of rotatable bonds is 2. The number of benzene rings is 1. The number of carbonyl (C=O) groups excluding carboxylic acids is 1. The van der Waals surface area contributed by atoms with Gasteiger partial charge in [0.25, 0.3) is 5.90 Å². The quantitative estimate of drug-likeness (QED) is 0.389. The van der Waals surface area contributed by atoms with Gasteiger partial charge in [-0.2, -0.15) is 0 Å². The van der Waals surface area contributed by atoms with Crippen LogP contribution in [-0.4, -0.2) is 37.3 Å². The smallest absolute Gasteiger partial charge is 0.462 e. The molecule has 0 aromatic heterocycles. The van der Waals surface area contributed by atoms with E-state index in [9.17, 15) is 4.79 Å². The number of methoxy groups -OCH3 is 1. The SMILES string of the molecule is COC(=O)C(=N)Oc1cc(B2OC(C)(C)C(C)(C)O2)ccc1C. The summed E-state index contributed by atoms with van der Waals surface area (Å²) in [5, 5.41) is 7.58. The lowest BCUT2D eigenvalue weighted by molar-refractivity contribution is -0.133. The Labute approximate surface area is 136 Å². The maximum atomic E-state index is 11.3. The van der Waals surface area contributed by atoms with Crippen LogP contribution in [-0.2, 0) is 18.8 Å². The molecule has 1 aromatic rings. The second-order valence-electron chi connectivity index (χ2n) is 6.54. The van der Waals surface area contributed by atoms with Gasteiger partial charge in [-0.05, 0) is 51.7 Å². The van der Waals surface area contributed by atoms with Crippen molar-refractivity contribution in [1.82, 2.24) is 0 Å². The second-order valence-corrected chi connectivity index (χ2v) is 6.54. The lowest BCUT2D eigenvalue weighted by atomic mass is 9.78. The minimum absolute atomic E-state index is 0.396. The Hall–Kier alpha value is -1.86. The van der Waals surface area contributed by atoms with E-state index in [1.54, 1.807) is 6.07 Å². The summed E-state index contributed by atoms with van der Waals surface area (Å²) in [6.45, 7) is 9.74. The van der Waals surface area contributed by atoms with Gasteiger partial charge >= 0.3 is 13.1 Å². The van der Waals surface area contributed by atoms with Crippen molar-refractivity contribution in [3.8, 4) is 5.75 Å². The van der Waals surface area contributed by atoms with Crippen LogP contribution in [0.15, 0.2) is 18.2 Å². The molecule has 23 heavy (non-hydrogen) atoms. The van der Waals surface area contributed by atoms with Gasteiger partial charge in [-0.1, -0.05) is 12.1 Å². The number of nitrogens with one attached hydrogen (secondary N) is 1. The summed E-state index contributed by atoms with van der Waals surface area (Å²) < 4.78 is 21.8. The predicted molar refractivity (Wildman–Crippen MR) is 87.3 cm³/mol. The van der Waals surface area contributed by atoms with Gasteiger partial charge in [0.2, 0.25) is 0 Å². The molecule has 0 amide bonds. The van der Waals surface area contributed by atoms with Crippen molar-refractivity contribution < 1.29 is 23.6 Å². The maximum absolute atomic E-state index is 11.3. The zero-order valence-corrected chi connectivity index (χ0v) is 14.4. The van der Waals surface area contributed by atoms with E-state index in [2.05, 4.69) is 4.74 Å². The molecule has 0 spiro atoms. The van der Waals surface area contributed by atoms with Crippen molar-refractivity contribution in [2.75, 3.05) is 7.11 Å². The fourth-order valence-corrected chi connectivity index (χ4v) is 2.10. The number of hydrogen-bond acceptors (Lipinski definition) is 6. The van der Waals surface area contributed by atoms with Crippen LogP contribution in [0.3, 0.4) is 0 Å². The van der Waals surface area contributed by atoms with E-state index in [4.69, 9.17) is 19.5 Å². The van der Waals surface area contributed by atoms with Gasteiger partial charge in [0.1, 0.15) is 5.75 Å². The molecule has 2 rings (SSSR count). The summed E-state index contributed by atoms with van der Waals surface area (Å²) in [5.74, 6) is -1.00. The van der Waals surface area contributed by atoms with Crippen molar-refractivity contribution in [3.63, 3.8) is 0 Å². The molecule has 1 N–H and O–H groups in total. The van der Waals surface area contributed by atoms with Gasteiger partial charge in [-0.3, -0.25) is 5.41 Å². The zero-order valence-electron chi connectivity index (χ0n) is 14.4. The number of carbonyl (C=O) groups is 1. The average molecular weight is 319 g/mol. The van der Waals surface area contributed by atoms with Crippen molar-refractivity contribution in [1.29, 1.82) is 5.41 Å². The molecule has 0 saturated carbocycles. The third-order valence-electron chi connectivity index (χ3n) is 4.32. The predicted octanol–water partition coefficient (Wildman–Crippen LogP) is 1.82. The second kappa shape index (κ2) is 5.98. The van der Waals surface area contributed by atoms with E-state index < -0.39 is 30.2 Å². The largest absolute Gasteiger partial charge is 0.494 e. The molecule has 0 atom stereocenters. The topological polar surface area (TPSA) is 77.8 Å². The Kier molecular flexibility index (Phi) is 4.55. The normalized spacial score (nSPS) is 18.6. The molecular formula is C16H22BNO5. The van der Waals surface area contributed by atoms with Gasteiger partial charge in [0.05, 0.1) is 18.3 Å². The molecule has 1 saturated heterocycles. The number of aryl methyl sites for hydroxylation is 1. The van der Waals surface area contributed by atoms with E-state index in [1.807, 2.05) is 46.8 Å². The molecule has 1 aliphatic heterocycles. The first-order valence-electron chi connectivity index (χ1n) is 7.38. The summed E-state index contributed by atoms with van der Waals surface area (Å²) in [5.41, 5.74) is 0.672. The van der Waals surface area contributed by atoms with Crippen LogP contribution >= 0.6 is 0 Å². The van der Waals surface area contributed by atoms with Crippen LogP contribution in [0.2, 0.25) is 0 Å². The summed E-state index contributed by atoms with van der Waals surface area (Å²) in [7, 11) is 0.670. The highest BCUT2D eigenvalue weighted by atomic mass is 16.7. The highest BCUT2D eigenvalue weighted by molar-refractivity contribution is 6.62. The minimum atomic E-state index is -0.828. The third-order valence-corrected chi connectivity index (χ3v) is 4.32. The molecular weight excluding hydrogens is 297 g/mol. The summed E-state index contributed by atoms with van der Waals surface area (Å²) in [4.78, 5) is 11.3. The molecule has 1 aliphatic rings. The molecule has 0 radical (unpaired) electrons. The summed E-state index contributed by atoms with van der Waals surface area (Å²) >= 11 is 0. The van der Waals surface area contributed by atoms with Crippen molar-refractivity contribution in [3.05, 3.63) is 23.8 Å². The van der Waals surface area contributed by atoms with Gasteiger partial charge < -0.3 is 18.8 Å². The third kappa shape index (κ3) is 3.40. The molecule has 1 aromatic carbocycles. The van der Waals surface area contributed by atoms with E-state index in [0.717, 1.165) is 11.0 Å². The molecule has 1 heterocycles.